The third-order valence-corrected chi connectivity index (χ3v) is 4.69. The quantitative estimate of drug-likeness (QED) is 0.738. The van der Waals surface area contributed by atoms with E-state index in [4.69, 9.17) is 33.0 Å². The van der Waals surface area contributed by atoms with Crippen LogP contribution in [0.5, 0.6) is 5.75 Å². The Balaban J connectivity index is 2.30. The third-order valence-electron chi connectivity index (χ3n) is 3.96. The number of hydrogen-bond acceptors (Lipinski definition) is 3. The monoisotopic (exact) mass is 395 g/mol. The fourth-order valence-corrected chi connectivity index (χ4v) is 2.88. The van der Waals surface area contributed by atoms with E-state index in [9.17, 15) is 9.59 Å². The molecular weight excluding hydrogens is 377 g/mol. The van der Waals surface area contributed by atoms with Crippen LogP contribution in [0.1, 0.15) is 28.8 Å². The Hall–Kier alpha value is -2.24. The van der Waals surface area contributed by atoms with Gasteiger partial charge < -0.3 is 14.7 Å². The molecule has 5 nitrogen and oxygen atoms in total. The number of halogens is 2. The lowest BCUT2D eigenvalue weighted by Gasteiger charge is -2.22. The largest absolute Gasteiger partial charge is 0.497 e. The number of aryl methyl sites for hydroxylation is 1. The molecule has 0 unspecified atom stereocenters. The van der Waals surface area contributed by atoms with Crippen molar-refractivity contribution in [2.75, 3.05) is 19.1 Å². The lowest BCUT2D eigenvalue weighted by Crippen LogP contribution is -2.27. The summed E-state index contributed by atoms with van der Waals surface area (Å²) in [6.45, 7) is 0. The number of carbonyl (C=O) groups is 2. The fraction of sp³-hybridized carbons (Fsp3) is 0.263. The Bertz CT molecular complexity index is 823. The average Bonchev–Trinajstić information content (AvgIpc) is 2.62. The maximum Gasteiger partial charge on any atom is 0.303 e. The second kappa shape index (κ2) is 8.92. The van der Waals surface area contributed by atoms with Crippen molar-refractivity contribution in [1.82, 2.24) is 0 Å². The summed E-state index contributed by atoms with van der Waals surface area (Å²) < 4.78 is 5.24. The highest BCUT2D eigenvalue weighted by molar-refractivity contribution is 6.42. The van der Waals surface area contributed by atoms with Crippen molar-refractivity contribution < 1.29 is 19.4 Å². The fourth-order valence-electron chi connectivity index (χ4n) is 2.58. The first-order valence-electron chi connectivity index (χ1n) is 7.95. The highest BCUT2D eigenvalue weighted by Gasteiger charge is 2.18. The zero-order chi connectivity index (χ0) is 19.3. The average molecular weight is 396 g/mol. The zero-order valence-corrected chi connectivity index (χ0v) is 16.0. The highest BCUT2D eigenvalue weighted by atomic mass is 35.5. The molecule has 7 heteroatoms. The molecule has 2 rings (SSSR count). The van der Waals surface area contributed by atoms with Crippen molar-refractivity contribution in [3.63, 3.8) is 0 Å². The van der Waals surface area contributed by atoms with Crippen LogP contribution in [0, 0.1) is 0 Å². The molecular formula is C19H19Cl2NO4. The molecule has 26 heavy (non-hydrogen) atoms. The Kier molecular flexibility index (Phi) is 6.89. The molecule has 0 fully saturated rings. The van der Waals surface area contributed by atoms with Gasteiger partial charge in [0.15, 0.2) is 0 Å². The van der Waals surface area contributed by atoms with Gasteiger partial charge in [0, 0.05) is 24.7 Å². The molecule has 138 valence electrons. The number of carboxylic acids is 1. The van der Waals surface area contributed by atoms with Crippen molar-refractivity contribution >= 4 is 40.8 Å². The van der Waals surface area contributed by atoms with Crippen LogP contribution in [0.2, 0.25) is 10.0 Å². The number of rotatable bonds is 7. The van der Waals surface area contributed by atoms with E-state index in [1.165, 1.54) is 11.0 Å². The predicted octanol–water partition coefficient (Wildman–Crippen LogP) is 4.69. The third kappa shape index (κ3) is 4.90. The van der Waals surface area contributed by atoms with Gasteiger partial charge >= 0.3 is 5.97 Å². The van der Waals surface area contributed by atoms with Crippen molar-refractivity contribution in [3.05, 3.63) is 57.6 Å². The molecule has 0 saturated heterocycles. The van der Waals surface area contributed by atoms with Gasteiger partial charge in [0.25, 0.3) is 5.91 Å². The molecule has 1 N–H and O–H groups in total. The van der Waals surface area contributed by atoms with Crippen LogP contribution >= 0.6 is 23.2 Å². The molecule has 0 spiro atoms. The van der Waals surface area contributed by atoms with Gasteiger partial charge in [0.05, 0.1) is 17.2 Å². The molecule has 0 aromatic heterocycles. The minimum atomic E-state index is -0.852. The molecule has 0 heterocycles. The van der Waals surface area contributed by atoms with E-state index in [0.717, 1.165) is 5.56 Å². The van der Waals surface area contributed by atoms with Gasteiger partial charge in [-0.3, -0.25) is 9.59 Å². The molecule has 2 aromatic carbocycles. The van der Waals surface area contributed by atoms with Gasteiger partial charge in [-0.1, -0.05) is 23.2 Å². The summed E-state index contributed by atoms with van der Waals surface area (Å²) in [4.78, 5) is 25.1. The summed E-state index contributed by atoms with van der Waals surface area (Å²) in [5, 5.41) is 9.53. The Labute approximate surface area is 162 Å². The first-order valence-corrected chi connectivity index (χ1v) is 8.71. The number of anilines is 1. The smallest absolute Gasteiger partial charge is 0.303 e. The van der Waals surface area contributed by atoms with Crippen LogP contribution in [-0.4, -0.2) is 31.1 Å². The van der Waals surface area contributed by atoms with E-state index < -0.39 is 5.97 Å². The summed E-state index contributed by atoms with van der Waals surface area (Å²) in [6, 6.07) is 10.1. The van der Waals surface area contributed by atoms with Crippen LogP contribution in [0.3, 0.4) is 0 Å². The summed E-state index contributed by atoms with van der Waals surface area (Å²) in [5.41, 5.74) is 1.93. The SMILES string of the molecule is COc1ccc(N(C)C(=O)c2ccc(Cl)c(Cl)c2)c(CCCC(=O)O)c1. The lowest BCUT2D eigenvalue weighted by molar-refractivity contribution is -0.137. The number of methoxy groups -OCH3 is 1. The van der Waals surface area contributed by atoms with Crippen molar-refractivity contribution in [1.29, 1.82) is 0 Å². The number of hydrogen-bond donors (Lipinski definition) is 1. The first-order chi connectivity index (χ1) is 12.3. The van der Waals surface area contributed by atoms with E-state index in [1.54, 1.807) is 38.4 Å². The Morgan fingerprint density at radius 3 is 2.46 bits per heavy atom. The van der Waals surface area contributed by atoms with E-state index >= 15 is 0 Å². The number of carboxylic acid groups (broad SMARTS) is 1. The van der Waals surface area contributed by atoms with Gasteiger partial charge in [-0.25, -0.2) is 0 Å². The minimum absolute atomic E-state index is 0.0566. The van der Waals surface area contributed by atoms with Crippen LogP contribution in [0.15, 0.2) is 36.4 Å². The van der Waals surface area contributed by atoms with Crippen LogP contribution in [0.4, 0.5) is 5.69 Å². The van der Waals surface area contributed by atoms with Gasteiger partial charge in [0.2, 0.25) is 0 Å². The summed E-state index contributed by atoms with van der Waals surface area (Å²) in [6.07, 6.45) is 1.03. The van der Waals surface area contributed by atoms with Gasteiger partial charge in [-0.05, 0) is 54.8 Å². The molecule has 0 aliphatic carbocycles. The molecule has 0 bridgehead atoms. The van der Waals surface area contributed by atoms with Gasteiger partial charge in [0.1, 0.15) is 5.75 Å². The Morgan fingerprint density at radius 1 is 1.12 bits per heavy atom. The summed E-state index contributed by atoms with van der Waals surface area (Å²) in [7, 11) is 3.22. The molecule has 0 aliphatic rings. The van der Waals surface area contributed by atoms with Crippen LogP contribution < -0.4 is 9.64 Å². The molecule has 0 atom stereocenters. The van der Waals surface area contributed by atoms with Crippen molar-refractivity contribution in [2.45, 2.75) is 19.3 Å². The van der Waals surface area contributed by atoms with Crippen molar-refractivity contribution in [2.24, 2.45) is 0 Å². The topological polar surface area (TPSA) is 66.8 Å². The second-order valence-corrected chi connectivity index (χ2v) is 6.55. The minimum Gasteiger partial charge on any atom is -0.497 e. The number of aliphatic carboxylic acids is 1. The summed E-state index contributed by atoms with van der Waals surface area (Å²) in [5.74, 6) is -0.447. The van der Waals surface area contributed by atoms with Crippen molar-refractivity contribution in [3.8, 4) is 5.75 Å². The Morgan fingerprint density at radius 2 is 1.85 bits per heavy atom. The molecule has 0 saturated carbocycles. The second-order valence-electron chi connectivity index (χ2n) is 5.73. The normalized spacial score (nSPS) is 10.5. The van der Waals surface area contributed by atoms with E-state index in [-0.39, 0.29) is 12.3 Å². The molecule has 2 aromatic rings. The molecule has 0 radical (unpaired) electrons. The van der Waals surface area contributed by atoms with E-state index in [1.807, 2.05) is 6.07 Å². The standard InChI is InChI=1S/C19H19Cl2NO4/c1-22(19(25)13-6-8-15(20)16(21)11-13)17-9-7-14(26-2)10-12(17)4-3-5-18(23)24/h6-11H,3-5H2,1-2H3,(H,23,24). The predicted molar refractivity (Wildman–Crippen MR) is 103 cm³/mol. The van der Waals surface area contributed by atoms with E-state index in [2.05, 4.69) is 0 Å². The number of nitrogens with zero attached hydrogens (tertiary/aromatic N) is 1. The van der Waals surface area contributed by atoms with Gasteiger partial charge in [-0.2, -0.15) is 0 Å². The number of ether oxygens (including phenoxy) is 1. The lowest BCUT2D eigenvalue weighted by atomic mass is 10.0. The summed E-state index contributed by atoms with van der Waals surface area (Å²) >= 11 is 11.9. The number of benzene rings is 2. The highest BCUT2D eigenvalue weighted by Crippen LogP contribution is 2.29. The maximum absolute atomic E-state index is 12.8. The molecule has 1 amide bonds. The zero-order valence-electron chi connectivity index (χ0n) is 14.5. The maximum atomic E-state index is 12.8. The number of carbonyl (C=O) groups excluding carboxylic acids is 1. The van der Waals surface area contributed by atoms with Crippen LogP contribution in [0.25, 0.3) is 0 Å². The number of amides is 1. The van der Waals surface area contributed by atoms with Gasteiger partial charge in [-0.15, -0.1) is 0 Å². The first kappa shape index (κ1) is 20.1. The van der Waals surface area contributed by atoms with Crippen LogP contribution in [-0.2, 0) is 11.2 Å². The van der Waals surface area contributed by atoms with E-state index in [0.29, 0.717) is 39.9 Å². The molecule has 0 aliphatic heterocycles.